The summed E-state index contributed by atoms with van der Waals surface area (Å²) < 4.78 is 5.44. The maximum atomic E-state index is 12.7. The van der Waals surface area contributed by atoms with Crippen molar-refractivity contribution >= 4 is 11.9 Å². The van der Waals surface area contributed by atoms with Crippen molar-refractivity contribution < 1.29 is 14.3 Å². The normalized spacial score (nSPS) is 18.7. The maximum absolute atomic E-state index is 12.7. The summed E-state index contributed by atoms with van der Waals surface area (Å²) >= 11 is 0. The van der Waals surface area contributed by atoms with E-state index in [2.05, 4.69) is 0 Å². The van der Waals surface area contributed by atoms with Crippen LogP contribution < -0.4 is 0 Å². The summed E-state index contributed by atoms with van der Waals surface area (Å²) in [6.07, 6.45) is 1.51. The Morgan fingerprint density at radius 1 is 1.24 bits per heavy atom. The summed E-state index contributed by atoms with van der Waals surface area (Å²) in [5.74, 6) is -0.386. The van der Waals surface area contributed by atoms with Crippen molar-refractivity contribution in [3.05, 3.63) is 35.4 Å². The number of amides is 1. The molecule has 1 aromatic carbocycles. The summed E-state index contributed by atoms with van der Waals surface area (Å²) in [5.41, 5.74) is 1.06. The van der Waals surface area contributed by atoms with Crippen LogP contribution in [0.15, 0.2) is 24.3 Å². The molecule has 1 aliphatic rings. The number of benzene rings is 1. The molecule has 1 heterocycles. The third-order valence-corrected chi connectivity index (χ3v) is 3.57. The number of aryl methyl sites for hydroxylation is 1. The van der Waals surface area contributed by atoms with Gasteiger partial charge in [0.1, 0.15) is 11.6 Å². The molecule has 1 fully saturated rings. The van der Waals surface area contributed by atoms with Gasteiger partial charge in [-0.3, -0.25) is 4.79 Å². The van der Waals surface area contributed by atoms with Gasteiger partial charge in [-0.2, -0.15) is 0 Å². The van der Waals surface area contributed by atoms with E-state index in [0.29, 0.717) is 18.5 Å². The smallest absolute Gasteiger partial charge is 0.329 e. The van der Waals surface area contributed by atoms with Crippen LogP contribution in [0.5, 0.6) is 0 Å². The third-order valence-electron chi connectivity index (χ3n) is 3.57. The lowest BCUT2D eigenvalue weighted by Crippen LogP contribution is -2.43. The zero-order valence-corrected chi connectivity index (χ0v) is 13.2. The second-order valence-corrected chi connectivity index (χ2v) is 6.50. The van der Waals surface area contributed by atoms with Crippen LogP contribution in [0.3, 0.4) is 0 Å². The van der Waals surface area contributed by atoms with Crippen molar-refractivity contribution in [1.29, 1.82) is 0 Å². The number of hydrogen-bond donors (Lipinski definition) is 0. The molecule has 21 heavy (non-hydrogen) atoms. The summed E-state index contributed by atoms with van der Waals surface area (Å²) in [5, 5.41) is 0. The van der Waals surface area contributed by atoms with Crippen molar-refractivity contribution in [2.24, 2.45) is 0 Å². The molecule has 0 aliphatic carbocycles. The SMILES string of the molecule is Cc1ccccc1C(=O)N1CCC[C@@H]1C(=O)OC(C)(C)C. The first kappa shape index (κ1) is 15.5. The number of hydrogen-bond acceptors (Lipinski definition) is 3. The number of likely N-dealkylation sites (tertiary alicyclic amines) is 1. The average molecular weight is 289 g/mol. The van der Waals surface area contributed by atoms with Crippen LogP contribution in [0, 0.1) is 6.92 Å². The molecule has 1 atom stereocenters. The highest BCUT2D eigenvalue weighted by molar-refractivity contribution is 5.98. The van der Waals surface area contributed by atoms with E-state index in [0.717, 1.165) is 12.0 Å². The van der Waals surface area contributed by atoms with Crippen LogP contribution in [-0.4, -0.2) is 35.0 Å². The second kappa shape index (κ2) is 5.88. The van der Waals surface area contributed by atoms with E-state index in [1.165, 1.54) is 0 Å². The summed E-state index contributed by atoms with van der Waals surface area (Å²) in [4.78, 5) is 26.6. The minimum absolute atomic E-state index is 0.0820. The van der Waals surface area contributed by atoms with Crippen molar-refractivity contribution in [3.63, 3.8) is 0 Å². The van der Waals surface area contributed by atoms with E-state index in [9.17, 15) is 9.59 Å². The first-order chi connectivity index (χ1) is 9.79. The van der Waals surface area contributed by atoms with Crippen LogP contribution in [0.4, 0.5) is 0 Å². The van der Waals surface area contributed by atoms with Crippen LogP contribution in [0.1, 0.15) is 49.5 Å². The lowest BCUT2D eigenvalue weighted by molar-refractivity contribution is -0.159. The molecule has 0 N–H and O–H groups in total. The second-order valence-electron chi connectivity index (χ2n) is 6.50. The molecule has 1 amide bonds. The first-order valence-electron chi connectivity index (χ1n) is 7.39. The van der Waals surface area contributed by atoms with Gasteiger partial charge in [-0.05, 0) is 52.2 Å². The predicted octanol–water partition coefficient (Wildman–Crippen LogP) is 2.94. The van der Waals surface area contributed by atoms with E-state index in [1.807, 2.05) is 52.0 Å². The van der Waals surface area contributed by atoms with E-state index in [4.69, 9.17) is 4.74 Å². The Labute approximate surface area is 126 Å². The highest BCUT2D eigenvalue weighted by Crippen LogP contribution is 2.24. The molecule has 0 spiro atoms. The van der Waals surface area contributed by atoms with Crippen LogP contribution in [0.25, 0.3) is 0 Å². The molecule has 0 aromatic heterocycles. The molecule has 1 saturated heterocycles. The zero-order chi connectivity index (χ0) is 15.6. The fourth-order valence-electron chi connectivity index (χ4n) is 2.59. The molecule has 0 radical (unpaired) electrons. The van der Waals surface area contributed by atoms with E-state index in [-0.39, 0.29) is 11.9 Å². The molecular weight excluding hydrogens is 266 g/mol. The van der Waals surface area contributed by atoms with E-state index in [1.54, 1.807) is 4.90 Å². The van der Waals surface area contributed by atoms with Crippen LogP contribution in [-0.2, 0) is 9.53 Å². The van der Waals surface area contributed by atoms with Gasteiger partial charge in [-0.1, -0.05) is 18.2 Å². The van der Waals surface area contributed by atoms with Crippen LogP contribution in [0.2, 0.25) is 0 Å². The fourth-order valence-corrected chi connectivity index (χ4v) is 2.59. The fraction of sp³-hybridized carbons (Fsp3) is 0.529. The number of rotatable bonds is 2. The molecule has 0 saturated carbocycles. The molecule has 1 aromatic rings. The van der Waals surface area contributed by atoms with Gasteiger partial charge in [0.15, 0.2) is 0 Å². The number of nitrogens with zero attached hydrogens (tertiary/aromatic N) is 1. The number of ether oxygens (including phenoxy) is 1. The monoisotopic (exact) mass is 289 g/mol. The van der Waals surface area contributed by atoms with Crippen LogP contribution >= 0.6 is 0 Å². The topological polar surface area (TPSA) is 46.6 Å². The molecule has 0 unspecified atom stereocenters. The van der Waals surface area contributed by atoms with Crippen molar-refractivity contribution in [1.82, 2.24) is 4.90 Å². The minimum Gasteiger partial charge on any atom is -0.458 e. The highest BCUT2D eigenvalue weighted by Gasteiger charge is 2.37. The molecule has 0 bridgehead atoms. The Morgan fingerprint density at radius 2 is 1.90 bits per heavy atom. The van der Waals surface area contributed by atoms with Gasteiger partial charge in [-0.15, -0.1) is 0 Å². The number of carbonyl (C=O) groups excluding carboxylic acids is 2. The Balaban J connectivity index is 2.17. The standard InChI is InChI=1S/C17H23NO3/c1-12-8-5-6-9-13(12)15(19)18-11-7-10-14(18)16(20)21-17(2,3)4/h5-6,8-9,14H,7,10-11H2,1-4H3/t14-/m1/s1. The lowest BCUT2D eigenvalue weighted by Gasteiger charge is -2.27. The summed E-state index contributed by atoms with van der Waals surface area (Å²) in [7, 11) is 0. The zero-order valence-electron chi connectivity index (χ0n) is 13.2. The van der Waals surface area contributed by atoms with Gasteiger partial charge in [0.25, 0.3) is 5.91 Å². The summed E-state index contributed by atoms with van der Waals surface area (Å²) in [6, 6.07) is 7.00. The third kappa shape index (κ3) is 3.63. The van der Waals surface area contributed by atoms with Crippen molar-refractivity contribution in [2.75, 3.05) is 6.54 Å². The van der Waals surface area contributed by atoms with E-state index < -0.39 is 11.6 Å². The largest absolute Gasteiger partial charge is 0.458 e. The highest BCUT2D eigenvalue weighted by atomic mass is 16.6. The molecule has 2 rings (SSSR count). The molecule has 114 valence electrons. The molecular formula is C17H23NO3. The van der Waals surface area contributed by atoms with Gasteiger partial charge in [-0.25, -0.2) is 4.79 Å². The average Bonchev–Trinajstić information content (AvgIpc) is 2.85. The maximum Gasteiger partial charge on any atom is 0.329 e. The molecule has 1 aliphatic heterocycles. The van der Waals surface area contributed by atoms with E-state index >= 15 is 0 Å². The van der Waals surface area contributed by atoms with Gasteiger partial charge >= 0.3 is 5.97 Å². The Morgan fingerprint density at radius 3 is 2.52 bits per heavy atom. The quantitative estimate of drug-likeness (QED) is 0.786. The molecule has 4 heteroatoms. The Hall–Kier alpha value is -1.84. The molecule has 4 nitrogen and oxygen atoms in total. The van der Waals surface area contributed by atoms with Gasteiger partial charge in [0.2, 0.25) is 0 Å². The lowest BCUT2D eigenvalue weighted by atomic mass is 10.1. The van der Waals surface area contributed by atoms with Gasteiger partial charge in [0.05, 0.1) is 0 Å². The first-order valence-corrected chi connectivity index (χ1v) is 7.39. The number of carbonyl (C=O) groups is 2. The predicted molar refractivity (Wildman–Crippen MR) is 81.1 cm³/mol. The van der Waals surface area contributed by atoms with Gasteiger partial charge < -0.3 is 9.64 Å². The van der Waals surface area contributed by atoms with Gasteiger partial charge in [0, 0.05) is 12.1 Å². The van der Waals surface area contributed by atoms with Crippen molar-refractivity contribution in [2.45, 2.75) is 52.2 Å². The van der Waals surface area contributed by atoms with Crippen molar-refractivity contribution in [3.8, 4) is 0 Å². The Kier molecular flexibility index (Phi) is 4.35. The minimum atomic E-state index is -0.531. The number of esters is 1. The summed E-state index contributed by atoms with van der Waals surface area (Å²) in [6.45, 7) is 8.04. The Bertz CT molecular complexity index is 545.